The fourth-order valence-electron chi connectivity index (χ4n) is 4.74. The Kier molecular flexibility index (Phi) is 4.64. The molecule has 0 saturated carbocycles. The molecule has 2 aliphatic heterocycles. The Bertz CT molecular complexity index is 1050. The zero-order valence-corrected chi connectivity index (χ0v) is 16.5. The average Bonchev–Trinajstić information content (AvgIpc) is 3.49. The van der Waals surface area contributed by atoms with Crippen LogP contribution in [-0.2, 0) is 9.53 Å². The van der Waals surface area contributed by atoms with E-state index in [1.807, 2.05) is 11.0 Å². The Hall–Kier alpha value is -2.99. The number of amides is 1. The molecule has 1 amide bonds. The van der Waals surface area contributed by atoms with Crippen molar-refractivity contribution in [2.24, 2.45) is 0 Å². The smallest absolute Gasteiger partial charge is 0.274 e. The summed E-state index contributed by atoms with van der Waals surface area (Å²) in [5.74, 6) is 6.60. The number of allylic oxidation sites excluding steroid dienone is 2. The molecular weight excluding hydrogens is 360 g/mol. The number of benzene rings is 1. The van der Waals surface area contributed by atoms with Crippen molar-refractivity contribution in [3.8, 4) is 11.8 Å². The molecule has 146 valence electrons. The van der Waals surface area contributed by atoms with Crippen LogP contribution in [0.2, 0.25) is 0 Å². The van der Waals surface area contributed by atoms with E-state index in [0.717, 1.165) is 62.2 Å². The summed E-state index contributed by atoms with van der Waals surface area (Å²) in [4.78, 5) is 17.0. The zero-order chi connectivity index (χ0) is 19.8. The van der Waals surface area contributed by atoms with Gasteiger partial charge in [0.05, 0.1) is 5.70 Å². The molecule has 1 fully saturated rings. The van der Waals surface area contributed by atoms with Crippen molar-refractivity contribution in [3.05, 3.63) is 70.7 Å². The summed E-state index contributed by atoms with van der Waals surface area (Å²) in [7, 11) is 0. The van der Waals surface area contributed by atoms with E-state index >= 15 is 0 Å². The number of nitrogens with zero attached hydrogens (tertiary/aromatic N) is 2. The van der Waals surface area contributed by atoms with Crippen molar-refractivity contribution in [2.75, 3.05) is 19.8 Å². The first kappa shape index (κ1) is 18.1. The molecule has 2 heterocycles. The molecule has 0 aromatic heterocycles. The van der Waals surface area contributed by atoms with Gasteiger partial charge in [-0.25, -0.2) is 0 Å². The first-order valence-electron chi connectivity index (χ1n) is 10.4. The van der Waals surface area contributed by atoms with Crippen LogP contribution in [0.25, 0.3) is 5.57 Å². The van der Waals surface area contributed by atoms with Crippen LogP contribution in [0.3, 0.4) is 0 Å². The van der Waals surface area contributed by atoms with E-state index in [4.69, 9.17) is 4.74 Å². The number of likely N-dealkylation sites (tertiary alicyclic amines) is 1. The number of carbonyl (C=O) groups is 1. The van der Waals surface area contributed by atoms with Crippen LogP contribution >= 0.6 is 0 Å². The third-order valence-corrected chi connectivity index (χ3v) is 6.14. The molecule has 5 rings (SSSR count). The van der Waals surface area contributed by atoms with Gasteiger partial charge in [-0.1, -0.05) is 48.8 Å². The SMILES string of the molecule is C=C=C1CCCN1C(=O)C1=CCCN1COC1C2=C(CCC#C2)c2ccccc21. The second-order valence-corrected chi connectivity index (χ2v) is 7.78. The molecular formula is C25H24N2O2. The average molecular weight is 384 g/mol. The van der Waals surface area contributed by atoms with Gasteiger partial charge < -0.3 is 14.5 Å². The van der Waals surface area contributed by atoms with E-state index < -0.39 is 0 Å². The quantitative estimate of drug-likeness (QED) is 0.578. The van der Waals surface area contributed by atoms with Gasteiger partial charge in [0.15, 0.2) is 0 Å². The van der Waals surface area contributed by atoms with Crippen molar-refractivity contribution in [1.82, 2.24) is 9.80 Å². The highest BCUT2D eigenvalue weighted by atomic mass is 16.5. The highest BCUT2D eigenvalue weighted by Gasteiger charge is 2.34. The van der Waals surface area contributed by atoms with Gasteiger partial charge in [-0.2, -0.15) is 0 Å². The summed E-state index contributed by atoms with van der Waals surface area (Å²) in [5.41, 5.74) is 9.46. The number of ether oxygens (including phenoxy) is 1. The normalized spacial score (nSPS) is 22.1. The molecule has 0 bridgehead atoms. The van der Waals surface area contributed by atoms with Gasteiger partial charge in [0.25, 0.3) is 5.91 Å². The van der Waals surface area contributed by atoms with Gasteiger partial charge in [-0.05, 0) is 42.4 Å². The first-order valence-corrected chi connectivity index (χ1v) is 10.4. The van der Waals surface area contributed by atoms with Crippen LogP contribution in [0.4, 0.5) is 0 Å². The largest absolute Gasteiger partial charge is 0.348 e. The molecule has 1 aromatic rings. The molecule has 2 aliphatic carbocycles. The highest BCUT2D eigenvalue weighted by molar-refractivity contribution is 5.94. The summed E-state index contributed by atoms with van der Waals surface area (Å²) in [6.07, 6.45) is 6.48. The minimum absolute atomic E-state index is 0.0407. The molecule has 4 aliphatic rings. The third kappa shape index (κ3) is 3.04. The van der Waals surface area contributed by atoms with Gasteiger partial charge >= 0.3 is 0 Å². The monoisotopic (exact) mass is 384 g/mol. The van der Waals surface area contributed by atoms with Crippen LogP contribution in [0.5, 0.6) is 0 Å². The third-order valence-electron chi connectivity index (χ3n) is 6.14. The van der Waals surface area contributed by atoms with Crippen LogP contribution < -0.4 is 0 Å². The van der Waals surface area contributed by atoms with E-state index in [-0.39, 0.29) is 12.0 Å². The summed E-state index contributed by atoms with van der Waals surface area (Å²) < 4.78 is 6.40. The van der Waals surface area contributed by atoms with E-state index in [2.05, 4.69) is 53.3 Å². The van der Waals surface area contributed by atoms with Gasteiger partial charge in [0, 0.05) is 25.1 Å². The molecule has 0 spiro atoms. The van der Waals surface area contributed by atoms with Crippen molar-refractivity contribution in [2.45, 2.75) is 38.2 Å². The van der Waals surface area contributed by atoms with Crippen LogP contribution in [-0.4, -0.2) is 35.5 Å². The molecule has 0 N–H and O–H groups in total. The number of hydrogen-bond acceptors (Lipinski definition) is 3. The maximum atomic E-state index is 13.1. The predicted molar refractivity (Wildman–Crippen MR) is 112 cm³/mol. The summed E-state index contributed by atoms with van der Waals surface area (Å²) in [5, 5.41) is 0. The Labute approximate surface area is 171 Å². The number of fused-ring (bicyclic) bond motifs is 2. The van der Waals surface area contributed by atoms with Crippen LogP contribution in [0.15, 0.2) is 59.6 Å². The number of hydrogen-bond donors (Lipinski definition) is 0. The lowest BCUT2D eigenvalue weighted by atomic mass is 9.98. The lowest BCUT2D eigenvalue weighted by molar-refractivity contribution is -0.127. The summed E-state index contributed by atoms with van der Waals surface area (Å²) >= 11 is 0. The predicted octanol–water partition coefficient (Wildman–Crippen LogP) is 4.15. The van der Waals surface area contributed by atoms with Crippen molar-refractivity contribution >= 4 is 11.5 Å². The Morgan fingerprint density at radius 1 is 1.28 bits per heavy atom. The standard InChI is InChI=1S/C25H24N2O2/c1-2-18-9-7-16-27(18)25(28)23-14-8-15-26(23)17-29-24-21-12-5-3-10-19(21)20-11-4-6-13-22(20)24/h3,5,10,12,14,24H,1,4,7-9,11,15-17H2. The first-order chi connectivity index (χ1) is 14.3. The molecule has 1 aromatic carbocycles. The fraction of sp³-hybridized carbons (Fsp3) is 0.360. The minimum atomic E-state index is -0.138. The topological polar surface area (TPSA) is 32.8 Å². The molecule has 29 heavy (non-hydrogen) atoms. The van der Waals surface area contributed by atoms with E-state index in [0.29, 0.717) is 6.73 Å². The summed E-state index contributed by atoms with van der Waals surface area (Å²) in [6.45, 7) is 5.66. The molecule has 1 atom stereocenters. The second-order valence-electron chi connectivity index (χ2n) is 7.78. The lowest BCUT2D eigenvalue weighted by Gasteiger charge is -2.27. The fourth-order valence-corrected chi connectivity index (χ4v) is 4.74. The Morgan fingerprint density at radius 3 is 3.07 bits per heavy atom. The van der Waals surface area contributed by atoms with E-state index in [1.54, 1.807) is 0 Å². The molecule has 4 nitrogen and oxygen atoms in total. The molecule has 0 radical (unpaired) electrons. The number of carbonyl (C=O) groups excluding carboxylic acids is 1. The zero-order valence-electron chi connectivity index (χ0n) is 16.5. The Morgan fingerprint density at radius 2 is 2.17 bits per heavy atom. The number of rotatable bonds is 4. The highest BCUT2D eigenvalue weighted by Crippen LogP contribution is 2.45. The van der Waals surface area contributed by atoms with Crippen molar-refractivity contribution < 1.29 is 9.53 Å². The maximum absolute atomic E-state index is 13.1. The second kappa shape index (κ2) is 7.44. The minimum Gasteiger partial charge on any atom is -0.348 e. The van der Waals surface area contributed by atoms with E-state index in [1.165, 1.54) is 16.7 Å². The lowest BCUT2D eigenvalue weighted by Crippen LogP contribution is -2.35. The van der Waals surface area contributed by atoms with Crippen molar-refractivity contribution in [1.29, 1.82) is 0 Å². The van der Waals surface area contributed by atoms with Gasteiger partial charge in [0.1, 0.15) is 18.5 Å². The van der Waals surface area contributed by atoms with Gasteiger partial charge in [-0.3, -0.25) is 4.79 Å². The van der Waals surface area contributed by atoms with Gasteiger partial charge in [0.2, 0.25) is 0 Å². The Balaban J connectivity index is 1.33. The molecule has 1 unspecified atom stereocenters. The van der Waals surface area contributed by atoms with Crippen LogP contribution in [0, 0.1) is 11.8 Å². The van der Waals surface area contributed by atoms with Gasteiger partial charge in [-0.15, -0.1) is 5.73 Å². The molecule has 1 saturated heterocycles. The van der Waals surface area contributed by atoms with Crippen molar-refractivity contribution in [3.63, 3.8) is 0 Å². The van der Waals surface area contributed by atoms with Crippen LogP contribution in [0.1, 0.15) is 49.3 Å². The van der Waals surface area contributed by atoms with E-state index in [9.17, 15) is 4.79 Å². The summed E-state index contributed by atoms with van der Waals surface area (Å²) in [6, 6.07) is 8.44. The maximum Gasteiger partial charge on any atom is 0.274 e. The molecule has 4 heteroatoms.